The summed E-state index contributed by atoms with van der Waals surface area (Å²) >= 11 is 4.31. The van der Waals surface area contributed by atoms with Gasteiger partial charge in [-0.2, -0.15) is 8.78 Å². The van der Waals surface area contributed by atoms with E-state index < -0.39 is 11.0 Å². The van der Waals surface area contributed by atoms with Crippen LogP contribution in [0.25, 0.3) is 0 Å². The van der Waals surface area contributed by atoms with E-state index in [1.165, 1.54) is 0 Å². The molecule has 72 valence electrons. The van der Waals surface area contributed by atoms with Crippen molar-refractivity contribution < 1.29 is 18.3 Å². The van der Waals surface area contributed by atoms with E-state index >= 15 is 0 Å². The average molecular weight is 198 g/mol. The van der Waals surface area contributed by atoms with Gasteiger partial charge in [-0.25, -0.2) is 0 Å². The molecule has 0 heterocycles. The number of alkyl halides is 2. The highest BCUT2D eigenvalue weighted by molar-refractivity contribution is 7.80. The number of halogens is 2. The molecule has 0 spiro atoms. The maximum Gasteiger partial charge on any atom is 0.311 e. The molecular formula is C7H12F2O2S. The van der Waals surface area contributed by atoms with Gasteiger partial charge in [-0.1, -0.05) is 0 Å². The topological polar surface area (TPSA) is 18.5 Å². The fraction of sp³-hybridized carbons (Fsp3) is 0.857. The van der Waals surface area contributed by atoms with Gasteiger partial charge in [0.25, 0.3) is 0 Å². The lowest BCUT2D eigenvalue weighted by molar-refractivity contribution is 0.0540. The minimum absolute atomic E-state index is 0.0795. The number of thiocarbonyl (C=S) groups is 1. The predicted molar refractivity (Wildman–Crippen MR) is 45.7 cm³/mol. The molecule has 0 unspecified atom stereocenters. The van der Waals surface area contributed by atoms with Crippen LogP contribution >= 0.6 is 12.2 Å². The Morgan fingerprint density at radius 2 is 2.00 bits per heavy atom. The zero-order valence-electron chi connectivity index (χ0n) is 7.10. The fourth-order valence-electron chi connectivity index (χ4n) is 0.464. The summed E-state index contributed by atoms with van der Waals surface area (Å²) < 4.78 is 34.1. The largest absolute Gasteiger partial charge is 0.480 e. The van der Waals surface area contributed by atoms with E-state index in [0.29, 0.717) is 13.5 Å². The van der Waals surface area contributed by atoms with E-state index in [-0.39, 0.29) is 13.2 Å². The molecule has 12 heavy (non-hydrogen) atoms. The zero-order valence-corrected chi connectivity index (χ0v) is 7.92. The summed E-state index contributed by atoms with van der Waals surface area (Å²) in [5, 5.41) is -0.679. The first kappa shape index (κ1) is 11.7. The van der Waals surface area contributed by atoms with Crippen LogP contribution < -0.4 is 0 Å². The highest BCUT2D eigenvalue weighted by Gasteiger charge is 2.29. The molecule has 0 atom stereocenters. The SMILES string of the molecule is CCOCCOC(=S)C(C)(F)F. The van der Waals surface area contributed by atoms with Gasteiger partial charge in [-0.3, -0.25) is 0 Å². The molecule has 0 aromatic carbocycles. The summed E-state index contributed by atoms with van der Waals surface area (Å²) in [6.45, 7) is 3.42. The number of hydrogen-bond acceptors (Lipinski definition) is 3. The molecule has 0 fully saturated rings. The van der Waals surface area contributed by atoms with E-state index in [2.05, 4.69) is 17.0 Å². The normalized spacial score (nSPS) is 11.3. The first-order valence-corrected chi connectivity index (χ1v) is 4.02. The van der Waals surface area contributed by atoms with Gasteiger partial charge < -0.3 is 9.47 Å². The van der Waals surface area contributed by atoms with Crippen LogP contribution in [-0.4, -0.2) is 30.8 Å². The Bertz CT molecular complexity index is 145. The van der Waals surface area contributed by atoms with Crippen LogP contribution in [0.5, 0.6) is 0 Å². The van der Waals surface area contributed by atoms with Gasteiger partial charge in [0.1, 0.15) is 6.61 Å². The van der Waals surface area contributed by atoms with E-state index in [9.17, 15) is 8.78 Å². The number of ether oxygens (including phenoxy) is 2. The Kier molecular flexibility index (Phi) is 5.24. The molecule has 0 bridgehead atoms. The molecule has 0 aliphatic rings. The lowest BCUT2D eigenvalue weighted by Crippen LogP contribution is -2.26. The van der Waals surface area contributed by atoms with Crippen LogP contribution in [0.4, 0.5) is 8.78 Å². The summed E-state index contributed by atoms with van der Waals surface area (Å²) in [4.78, 5) is 0. The molecule has 0 N–H and O–H groups in total. The van der Waals surface area contributed by atoms with Crippen LogP contribution in [0, 0.1) is 0 Å². The molecule has 0 saturated carbocycles. The Hall–Kier alpha value is -0.290. The first-order chi connectivity index (χ1) is 5.48. The molecule has 5 heteroatoms. The van der Waals surface area contributed by atoms with Gasteiger partial charge >= 0.3 is 5.92 Å². The number of hydrogen-bond donors (Lipinski definition) is 0. The third kappa shape index (κ3) is 5.37. The van der Waals surface area contributed by atoms with Crippen LogP contribution in [0.3, 0.4) is 0 Å². The molecule has 0 aromatic rings. The smallest absolute Gasteiger partial charge is 0.311 e. The van der Waals surface area contributed by atoms with Crippen molar-refractivity contribution >= 4 is 17.3 Å². The predicted octanol–water partition coefficient (Wildman–Crippen LogP) is 2.02. The summed E-state index contributed by atoms with van der Waals surface area (Å²) in [6.07, 6.45) is 0. The van der Waals surface area contributed by atoms with Crippen molar-refractivity contribution in [2.24, 2.45) is 0 Å². The van der Waals surface area contributed by atoms with Gasteiger partial charge in [-0.15, -0.1) is 0 Å². The highest BCUT2D eigenvalue weighted by Crippen LogP contribution is 2.14. The second-order valence-corrected chi connectivity index (χ2v) is 2.59. The molecule has 0 saturated heterocycles. The van der Waals surface area contributed by atoms with Crippen LogP contribution in [0.15, 0.2) is 0 Å². The average Bonchev–Trinajstić information content (AvgIpc) is 1.96. The zero-order chi connectivity index (χ0) is 9.61. The van der Waals surface area contributed by atoms with Crippen molar-refractivity contribution in [2.75, 3.05) is 19.8 Å². The van der Waals surface area contributed by atoms with Crippen molar-refractivity contribution in [3.8, 4) is 0 Å². The Balaban J connectivity index is 3.45. The summed E-state index contributed by atoms with van der Waals surface area (Å²) in [5.74, 6) is -3.04. The minimum atomic E-state index is -3.04. The molecule has 2 nitrogen and oxygen atoms in total. The first-order valence-electron chi connectivity index (χ1n) is 3.61. The summed E-state index contributed by atoms with van der Waals surface area (Å²) in [6, 6.07) is 0. The van der Waals surface area contributed by atoms with E-state index in [0.717, 1.165) is 0 Å². The van der Waals surface area contributed by atoms with Gasteiger partial charge in [0.2, 0.25) is 5.05 Å². The van der Waals surface area contributed by atoms with Gasteiger partial charge in [0, 0.05) is 13.5 Å². The third-order valence-electron chi connectivity index (χ3n) is 1.02. The molecular weight excluding hydrogens is 186 g/mol. The minimum Gasteiger partial charge on any atom is -0.480 e. The van der Waals surface area contributed by atoms with Crippen molar-refractivity contribution in [3.05, 3.63) is 0 Å². The molecule has 0 aliphatic heterocycles. The van der Waals surface area contributed by atoms with Crippen LogP contribution in [0.2, 0.25) is 0 Å². The quantitative estimate of drug-likeness (QED) is 0.497. The Morgan fingerprint density at radius 1 is 1.42 bits per heavy atom. The summed E-state index contributed by atoms with van der Waals surface area (Å²) in [5.41, 5.74) is 0. The second-order valence-electron chi connectivity index (χ2n) is 2.22. The highest BCUT2D eigenvalue weighted by atomic mass is 32.1. The number of rotatable bonds is 5. The maximum atomic E-state index is 12.3. The lowest BCUT2D eigenvalue weighted by Gasteiger charge is -2.12. The van der Waals surface area contributed by atoms with E-state index in [1.807, 2.05) is 6.92 Å². The Morgan fingerprint density at radius 3 is 2.42 bits per heavy atom. The standard InChI is InChI=1S/C7H12F2O2S/c1-3-10-4-5-11-6(12)7(2,8)9/h3-5H2,1-2H3. The van der Waals surface area contributed by atoms with Crippen molar-refractivity contribution in [1.29, 1.82) is 0 Å². The Labute approximate surface area is 75.8 Å². The van der Waals surface area contributed by atoms with E-state index in [1.54, 1.807) is 0 Å². The molecule has 0 amide bonds. The second kappa shape index (κ2) is 5.37. The van der Waals surface area contributed by atoms with Crippen molar-refractivity contribution in [1.82, 2.24) is 0 Å². The molecule has 0 radical (unpaired) electrons. The monoisotopic (exact) mass is 198 g/mol. The maximum absolute atomic E-state index is 12.3. The third-order valence-corrected chi connectivity index (χ3v) is 1.50. The fourth-order valence-corrected chi connectivity index (χ4v) is 0.548. The summed E-state index contributed by atoms with van der Waals surface area (Å²) in [7, 11) is 0. The van der Waals surface area contributed by atoms with Gasteiger partial charge in [-0.05, 0) is 19.1 Å². The molecule has 0 rings (SSSR count). The van der Waals surface area contributed by atoms with Crippen molar-refractivity contribution in [3.63, 3.8) is 0 Å². The van der Waals surface area contributed by atoms with Gasteiger partial charge in [0.05, 0.1) is 6.61 Å². The van der Waals surface area contributed by atoms with Crippen LogP contribution in [-0.2, 0) is 9.47 Å². The lowest BCUT2D eigenvalue weighted by atomic mass is 10.4. The molecule has 0 aliphatic carbocycles. The van der Waals surface area contributed by atoms with Gasteiger partial charge in [0.15, 0.2) is 0 Å². The van der Waals surface area contributed by atoms with Crippen molar-refractivity contribution in [2.45, 2.75) is 19.8 Å². The van der Waals surface area contributed by atoms with Crippen LogP contribution in [0.1, 0.15) is 13.8 Å². The molecule has 0 aromatic heterocycles. The van der Waals surface area contributed by atoms with E-state index in [4.69, 9.17) is 4.74 Å².